The number of unbranched alkanes of at least 4 members (excludes halogenated alkanes) is 1. The Kier molecular flexibility index (Phi) is 6.89. The molecular weight excluding hydrogens is 256 g/mol. The van der Waals surface area contributed by atoms with Crippen molar-refractivity contribution in [3.63, 3.8) is 0 Å². The number of nitrogens with one attached hydrogen (secondary N) is 2. The SMILES string of the molecule is CC(C)N(C)CCCCNC(=O)c1cncc(NN)n1. The van der Waals surface area contributed by atoms with E-state index in [0.717, 1.165) is 19.4 Å². The minimum Gasteiger partial charge on any atom is -0.351 e. The molecular formula is C13H24N6O. The molecule has 0 saturated carbocycles. The van der Waals surface area contributed by atoms with Crippen LogP contribution in [0.5, 0.6) is 0 Å². The maximum absolute atomic E-state index is 11.8. The number of rotatable bonds is 8. The molecule has 7 heteroatoms. The highest BCUT2D eigenvalue weighted by atomic mass is 16.1. The van der Waals surface area contributed by atoms with Gasteiger partial charge < -0.3 is 15.6 Å². The van der Waals surface area contributed by atoms with E-state index in [1.54, 1.807) is 0 Å². The summed E-state index contributed by atoms with van der Waals surface area (Å²) < 4.78 is 0. The smallest absolute Gasteiger partial charge is 0.271 e. The summed E-state index contributed by atoms with van der Waals surface area (Å²) in [5.41, 5.74) is 2.63. The Morgan fingerprint density at radius 2 is 2.15 bits per heavy atom. The van der Waals surface area contributed by atoms with Gasteiger partial charge in [0.2, 0.25) is 0 Å². The van der Waals surface area contributed by atoms with Crippen LogP contribution in [-0.4, -0.2) is 47.0 Å². The molecule has 1 aromatic rings. The Hall–Kier alpha value is -1.73. The molecule has 1 amide bonds. The summed E-state index contributed by atoms with van der Waals surface area (Å²) in [6.45, 7) is 5.99. The van der Waals surface area contributed by atoms with E-state index in [1.165, 1.54) is 12.4 Å². The zero-order valence-electron chi connectivity index (χ0n) is 12.4. The first-order chi connectivity index (χ1) is 9.54. The molecule has 0 aromatic carbocycles. The summed E-state index contributed by atoms with van der Waals surface area (Å²) in [6, 6.07) is 0.548. The molecule has 1 rings (SSSR count). The fourth-order valence-corrected chi connectivity index (χ4v) is 1.58. The number of aromatic nitrogens is 2. The van der Waals surface area contributed by atoms with Crippen LogP contribution in [0.2, 0.25) is 0 Å². The lowest BCUT2D eigenvalue weighted by molar-refractivity contribution is 0.0947. The van der Waals surface area contributed by atoms with Gasteiger partial charge in [-0.25, -0.2) is 10.8 Å². The monoisotopic (exact) mass is 280 g/mol. The van der Waals surface area contributed by atoms with Crippen molar-refractivity contribution in [2.24, 2.45) is 5.84 Å². The minimum absolute atomic E-state index is 0.230. The molecule has 0 spiro atoms. The van der Waals surface area contributed by atoms with Crippen molar-refractivity contribution in [2.45, 2.75) is 32.7 Å². The van der Waals surface area contributed by atoms with Crippen molar-refractivity contribution in [1.82, 2.24) is 20.2 Å². The maximum Gasteiger partial charge on any atom is 0.271 e. The van der Waals surface area contributed by atoms with Crippen molar-refractivity contribution in [3.8, 4) is 0 Å². The molecule has 0 radical (unpaired) electrons. The van der Waals surface area contributed by atoms with Gasteiger partial charge in [0, 0.05) is 12.6 Å². The second-order valence-electron chi connectivity index (χ2n) is 4.97. The van der Waals surface area contributed by atoms with E-state index < -0.39 is 0 Å². The van der Waals surface area contributed by atoms with Crippen molar-refractivity contribution < 1.29 is 4.79 Å². The van der Waals surface area contributed by atoms with E-state index in [2.05, 4.69) is 46.5 Å². The largest absolute Gasteiger partial charge is 0.351 e. The van der Waals surface area contributed by atoms with Gasteiger partial charge in [-0.3, -0.25) is 9.78 Å². The molecule has 0 fully saturated rings. The standard InChI is InChI=1S/C13H24N6O/c1-10(2)19(3)7-5-4-6-16-13(20)11-8-15-9-12(17-11)18-14/h8-10H,4-7,14H2,1-3H3,(H,16,20)(H,17,18). The van der Waals surface area contributed by atoms with Gasteiger partial charge >= 0.3 is 0 Å². The predicted octanol–water partition coefficient (Wildman–Crippen LogP) is 0.612. The quantitative estimate of drug-likeness (QED) is 0.367. The summed E-state index contributed by atoms with van der Waals surface area (Å²) >= 11 is 0. The van der Waals surface area contributed by atoms with Crippen LogP contribution in [0.3, 0.4) is 0 Å². The Labute approximate surface area is 119 Å². The zero-order valence-corrected chi connectivity index (χ0v) is 12.4. The molecule has 0 atom stereocenters. The number of amides is 1. The second-order valence-corrected chi connectivity index (χ2v) is 4.97. The molecule has 0 unspecified atom stereocenters. The van der Waals surface area contributed by atoms with Crippen molar-refractivity contribution in [3.05, 3.63) is 18.1 Å². The van der Waals surface area contributed by atoms with E-state index in [1.807, 2.05) is 0 Å². The van der Waals surface area contributed by atoms with Crippen LogP contribution in [0.25, 0.3) is 0 Å². The van der Waals surface area contributed by atoms with E-state index in [4.69, 9.17) is 5.84 Å². The van der Waals surface area contributed by atoms with Gasteiger partial charge in [0.25, 0.3) is 5.91 Å². The van der Waals surface area contributed by atoms with Crippen molar-refractivity contribution in [2.75, 3.05) is 25.6 Å². The average Bonchev–Trinajstić information content (AvgIpc) is 2.46. The van der Waals surface area contributed by atoms with Crippen LogP contribution in [0, 0.1) is 0 Å². The van der Waals surface area contributed by atoms with Gasteiger partial charge in [-0.2, -0.15) is 0 Å². The molecule has 1 aromatic heterocycles. The normalized spacial score (nSPS) is 10.9. The van der Waals surface area contributed by atoms with Gasteiger partial charge in [0.1, 0.15) is 5.69 Å². The van der Waals surface area contributed by atoms with E-state index in [0.29, 0.717) is 18.4 Å². The summed E-state index contributed by atoms with van der Waals surface area (Å²) in [4.78, 5) is 22.0. The molecule has 112 valence electrons. The number of carbonyl (C=O) groups excluding carboxylic acids is 1. The molecule has 0 aliphatic rings. The summed E-state index contributed by atoms with van der Waals surface area (Å²) in [5.74, 6) is 5.36. The number of hydrazine groups is 1. The highest BCUT2D eigenvalue weighted by molar-refractivity contribution is 5.92. The van der Waals surface area contributed by atoms with Crippen LogP contribution < -0.4 is 16.6 Å². The van der Waals surface area contributed by atoms with Gasteiger partial charge in [0.15, 0.2) is 5.82 Å². The molecule has 0 aliphatic heterocycles. The lowest BCUT2D eigenvalue weighted by atomic mass is 10.2. The first kappa shape index (κ1) is 16.3. The Bertz CT molecular complexity index is 423. The molecule has 20 heavy (non-hydrogen) atoms. The number of anilines is 1. The Balaban J connectivity index is 2.26. The number of nitrogen functional groups attached to an aromatic ring is 1. The third-order valence-corrected chi connectivity index (χ3v) is 3.12. The first-order valence-corrected chi connectivity index (χ1v) is 6.81. The minimum atomic E-state index is -0.230. The summed E-state index contributed by atoms with van der Waals surface area (Å²) in [5, 5.41) is 2.82. The number of carbonyl (C=O) groups is 1. The number of hydrogen-bond donors (Lipinski definition) is 3. The first-order valence-electron chi connectivity index (χ1n) is 6.81. The summed E-state index contributed by atoms with van der Waals surface area (Å²) in [7, 11) is 2.10. The Morgan fingerprint density at radius 1 is 1.40 bits per heavy atom. The van der Waals surface area contributed by atoms with E-state index in [-0.39, 0.29) is 11.6 Å². The van der Waals surface area contributed by atoms with Crippen LogP contribution in [-0.2, 0) is 0 Å². The van der Waals surface area contributed by atoms with Gasteiger partial charge in [-0.1, -0.05) is 0 Å². The van der Waals surface area contributed by atoms with Crippen LogP contribution in [0.15, 0.2) is 12.4 Å². The van der Waals surface area contributed by atoms with Crippen molar-refractivity contribution in [1.29, 1.82) is 0 Å². The number of nitrogens with two attached hydrogens (primary N) is 1. The maximum atomic E-state index is 11.8. The topological polar surface area (TPSA) is 96.2 Å². The molecule has 4 N–H and O–H groups in total. The van der Waals surface area contributed by atoms with Crippen LogP contribution in [0.1, 0.15) is 37.2 Å². The van der Waals surface area contributed by atoms with Crippen LogP contribution in [0.4, 0.5) is 5.82 Å². The third-order valence-electron chi connectivity index (χ3n) is 3.12. The average molecular weight is 280 g/mol. The lowest BCUT2D eigenvalue weighted by Gasteiger charge is -2.20. The Morgan fingerprint density at radius 3 is 2.80 bits per heavy atom. The van der Waals surface area contributed by atoms with Crippen LogP contribution >= 0.6 is 0 Å². The summed E-state index contributed by atoms with van der Waals surface area (Å²) in [6.07, 6.45) is 4.86. The molecule has 0 saturated heterocycles. The number of hydrogen-bond acceptors (Lipinski definition) is 6. The highest BCUT2D eigenvalue weighted by Gasteiger charge is 2.08. The third kappa shape index (κ3) is 5.50. The molecule has 0 aliphatic carbocycles. The second kappa shape index (κ2) is 8.44. The van der Waals surface area contributed by atoms with E-state index >= 15 is 0 Å². The zero-order chi connectivity index (χ0) is 15.0. The van der Waals surface area contributed by atoms with Gasteiger partial charge in [-0.05, 0) is 40.3 Å². The molecule has 1 heterocycles. The number of nitrogens with zero attached hydrogens (tertiary/aromatic N) is 3. The molecule has 7 nitrogen and oxygen atoms in total. The highest BCUT2D eigenvalue weighted by Crippen LogP contribution is 2.00. The lowest BCUT2D eigenvalue weighted by Crippen LogP contribution is -2.29. The fourth-order valence-electron chi connectivity index (χ4n) is 1.58. The van der Waals surface area contributed by atoms with Crippen molar-refractivity contribution >= 4 is 11.7 Å². The fraction of sp³-hybridized carbons (Fsp3) is 0.615. The van der Waals surface area contributed by atoms with Gasteiger partial charge in [0.05, 0.1) is 12.4 Å². The predicted molar refractivity (Wildman–Crippen MR) is 79.2 cm³/mol. The van der Waals surface area contributed by atoms with E-state index in [9.17, 15) is 4.79 Å². The molecule has 0 bridgehead atoms. The van der Waals surface area contributed by atoms with Gasteiger partial charge in [-0.15, -0.1) is 0 Å².